The fourth-order valence-electron chi connectivity index (χ4n) is 2.01. The normalized spacial score (nSPS) is 14.7. The molecule has 4 heteroatoms. The molecule has 0 bridgehead atoms. The summed E-state index contributed by atoms with van der Waals surface area (Å²) in [4.78, 5) is 12.0. The number of benzene rings is 1. The summed E-state index contributed by atoms with van der Waals surface area (Å²) in [6.45, 7) is 9.91. The summed E-state index contributed by atoms with van der Waals surface area (Å²) < 4.78 is 0. The van der Waals surface area contributed by atoms with E-state index in [0.29, 0.717) is 0 Å². The molecule has 0 aromatic heterocycles. The molecule has 2 N–H and O–H groups in total. The van der Waals surface area contributed by atoms with Gasteiger partial charge in [0, 0.05) is 16.6 Å². The average molecular weight is 297 g/mol. The molecule has 3 nitrogen and oxygen atoms in total. The molecule has 112 valence electrons. The van der Waals surface area contributed by atoms with Gasteiger partial charge in [-0.15, -0.1) is 0 Å². The molecule has 0 aliphatic heterocycles. The molecule has 0 aliphatic carbocycles. The van der Waals surface area contributed by atoms with Crippen molar-refractivity contribution in [3.8, 4) is 0 Å². The van der Waals surface area contributed by atoms with Gasteiger partial charge in [-0.3, -0.25) is 4.79 Å². The van der Waals surface area contributed by atoms with Gasteiger partial charge in [0.1, 0.15) is 0 Å². The van der Waals surface area contributed by atoms with Crippen molar-refractivity contribution in [1.29, 1.82) is 0 Å². The molecule has 20 heavy (non-hydrogen) atoms. The van der Waals surface area contributed by atoms with Crippen LogP contribution in [-0.2, 0) is 11.2 Å². The minimum Gasteiger partial charge on any atom is -0.350 e. The van der Waals surface area contributed by atoms with E-state index in [2.05, 4.69) is 17.6 Å². The lowest BCUT2D eigenvalue weighted by Crippen LogP contribution is -2.51. The minimum absolute atomic E-state index is 0.0282. The predicted octanol–water partition coefficient (Wildman–Crippen LogP) is 3.16. The molecule has 2 unspecified atom stereocenters. The van der Waals surface area contributed by atoms with E-state index in [0.717, 1.165) is 11.4 Å². The van der Waals surface area contributed by atoms with Gasteiger partial charge >= 0.3 is 0 Å². The van der Waals surface area contributed by atoms with Crippen LogP contribution >= 0.6 is 11.6 Å². The summed E-state index contributed by atoms with van der Waals surface area (Å²) in [7, 11) is 0. The monoisotopic (exact) mass is 296 g/mol. The zero-order valence-electron chi connectivity index (χ0n) is 13.0. The van der Waals surface area contributed by atoms with Crippen LogP contribution in [0.1, 0.15) is 40.2 Å². The van der Waals surface area contributed by atoms with E-state index in [1.165, 1.54) is 5.56 Å². The van der Waals surface area contributed by atoms with E-state index in [-0.39, 0.29) is 23.5 Å². The quantitative estimate of drug-likeness (QED) is 0.876. The molecule has 1 aromatic carbocycles. The van der Waals surface area contributed by atoms with E-state index in [1.807, 2.05) is 52.0 Å². The molecule has 0 fully saturated rings. The highest BCUT2D eigenvalue weighted by molar-refractivity contribution is 6.30. The third kappa shape index (κ3) is 6.40. The number of halogens is 1. The Kier molecular flexibility index (Phi) is 6.03. The van der Waals surface area contributed by atoms with Crippen molar-refractivity contribution in [1.82, 2.24) is 10.6 Å². The first kappa shape index (κ1) is 17.0. The first-order chi connectivity index (χ1) is 9.17. The molecule has 0 heterocycles. The number of amides is 1. The van der Waals surface area contributed by atoms with Crippen molar-refractivity contribution >= 4 is 17.5 Å². The number of hydrogen-bond acceptors (Lipinski definition) is 2. The Labute approximate surface area is 127 Å². The summed E-state index contributed by atoms with van der Waals surface area (Å²) in [5.74, 6) is 0.0282. The van der Waals surface area contributed by atoms with Gasteiger partial charge in [-0.1, -0.05) is 23.7 Å². The lowest BCUT2D eigenvalue weighted by molar-refractivity contribution is -0.124. The molecule has 0 saturated carbocycles. The maximum atomic E-state index is 12.0. The van der Waals surface area contributed by atoms with Crippen molar-refractivity contribution < 1.29 is 4.79 Å². The van der Waals surface area contributed by atoms with Crippen molar-refractivity contribution in [2.45, 2.75) is 58.7 Å². The number of hydrogen-bond donors (Lipinski definition) is 2. The molecule has 0 aliphatic rings. The van der Waals surface area contributed by atoms with Crippen molar-refractivity contribution in [2.24, 2.45) is 0 Å². The highest BCUT2D eigenvalue weighted by Crippen LogP contribution is 2.11. The van der Waals surface area contributed by atoms with Crippen LogP contribution < -0.4 is 10.6 Å². The van der Waals surface area contributed by atoms with E-state index in [4.69, 9.17) is 11.6 Å². The van der Waals surface area contributed by atoms with Crippen LogP contribution in [0.25, 0.3) is 0 Å². The number of carbonyl (C=O) groups is 1. The van der Waals surface area contributed by atoms with Crippen LogP contribution in [0.3, 0.4) is 0 Å². The molecule has 0 saturated heterocycles. The Morgan fingerprint density at radius 1 is 1.20 bits per heavy atom. The van der Waals surface area contributed by atoms with Gasteiger partial charge in [-0.05, 0) is 58.7 Å². The smallest absolute Gasteiger partial charge is 0.237 e. The molecule has 1 aromatic rings. The van der Waals surface area contributed by atoms with E-state index < -0.39 is 0 Å². The zero-order valence-corrected chi connectivity index (χ0v) is 13.7. The molecular weight excluding hydrogens is 272 g/mol. The molecule has 1 rings (SSSR count). The zero-order chi connectivity index (χ0) is 15.3. The Morgan fingerprint density at radius 2 is 1.75 bits per heavy atom. The van der Waals surface area contributed by atoms with Crippen LogP contribution in [0.5, 0.6) is 0 Å². The van der Waals surface area contributed by atoms with Gasteiger partial charge < -0.3 is 10.6 Å². The second-order valence-corrected chi connectivity index (χ2v) is 6.80. The Bertz CT molecular complexity index is 437. The first-order valence-electron chi connectivity index (χ1n) is 7.00. The summed E-state index contributed by atoms with van der Waals surface area (Å²) in [6, 6.07) is 7.81. The molecule has 2 atom stereocenters. The molecular formula is C16H25ClN2O. The van der Waals surface area contributed by atoms with Crippen LogP contribution in [-0.4, -0.2) is 23.5 Å². The first-order valence-corrected chi connectivity index (χ1v) is 7.37. The standard InChI is InChI=1S/C16H25ClN2O/c1-11(10-13-6-8-14(17)9-7-13)18-12(2)15(20)19-16(3,4)5/h6-9,11-12,18H,10H2,1-5H3,(H,19,20). The fourth-order valence-corrected chi connectivity index (χ4v) is 2.14. The maximum absolute atomic E-state index is 12.0. The summed E-state index contributed by atoms with van der Waals surface area (Å²) in [6.07, 6.45) is 0.865. The highest BCUT2D eigenvalue weighted by Gasteiger charge is 2.20. The Balaban J connectivity index is 2.47. The largest absolute Gasteiger partial charge is 0.350 e. The van der Waals surface area contributed by atoms with E-state index in [9.17, 15) is 4.79 Å². The minimum atomic E-state index is -0.212. The van der Waals surface area contributed by atoms with Crippen LogP contribution in [0.15, 0.2) is 24.3 Å². The van der Waals surface area contributed by atoms with Gasteiger partial charge in [0.25, 0.3) is 0 Å². The van der Waals surface area contributed by atoms with E-state index >= 15 is 0 Å². The number of rotatable bonds is 5. The average Bonchev–Trinajstić information content (AvgIpc) is 2.29. The lowest BCUT2D eigenvalue weighted by atomic mass is 10.1. The Morgan fingerprint density at radius 3 is 2.25 bits per heavy atom. The second kappa shape index (κ2) is 7.09. The number of carbonyl (C=O) groups excluding carboxylic acids is 1. The van der Waals surface area contributed by atoms with Crippen LogP contribution in [0.4, 0.5) is 0 Å². The summed E-state index contributed by atoms with van der Waals surface area (Å²) >= 11 is 5.87. The molecule has 0 radical (unpaired) electrons. The van der Waals surface area contributed by atoms with Gasteiger partial charge in [0.2, 0.25) is 5.91 Å². The fraction of sp³-hybridized carbons (Fsp3) is 0.562. The SMILES string of the molecule is CC(Cc1ccc(Cl)cc1)NC(C)C(=O)NC(C)(C)C. The molecule has 1 amide bonds. The molecule has 0 spiro atoms. The third-order valence-corrected chi connectivity index (χ3v) is 3.13. The van der Waals surface area contributed by atoms with Crippen molar-refractivity contribution in [3.05, 3.63) is 34.9 Å². The van der Waals surface area contributed by atoms with Gasteiger partial charge in [0.05, 0.1) is 6.04 Å². The third-order valence-electron chi connectivity index (χ3n) is 2.88. The van der Waals surface area contributed by atoms with Gasteiger partial charge in [-0.2, -0.15) is 0 Å². The van der Waals surface area contributed by atoms with Crippen molar-refractivity contribution in [2.75, 3.05) is 0 Å². The predicted molar refractivity (Wildman–Crippen MR) is 85.1 cm³/mol. The Hall–Kier alpha value is -1.06. The van der Waals surface area contributed by atoms with E-state index in [1.54, 1.807) is 0 Å². The summed E-state index contributed by atoms with van der Waals surface area (Å²) in [5, 5.41) is 7.04. The maximum Gasteiger partial charge on any atom is 0.237 e. The van der Waals surface area contributed by atoms with Crippen molar-refractivity contribution in [3.63, 3.8) is 0 Å². The second-order valence-electron chi connectivity index (χ2n) is 6.36. The number of nitrogens with one attached hydrogen (secondary N) is 2. The topological polar surface area (TPSA) is 41.1 Å². The summed E-state index contributed by atoms with van der Waals surface area (Å²) in [5.41, 5.74) is 1.00. The highest BCUT2D eigenvalue weighted by atomic mass is 35.5. The lowest BCUT2D eigenvalue weighted by Gasteiger charge is -2.25. The van der Waals surface area contributed by atoms with Gasteiger partial charge in [0.15, 0.2) is 0 Å². The van der Waals surface area contributed by atoms with Gasteiger partial charge in [-0.25, -0.2) is 0 Å². The van der Waals surface area contributed by atoms with Crippen LogP contribution in [0.2, 0.25) is 5.02 Å². The van der Waals surface area contributed by atoms with Crippen LogP contribution in [0, 0.1) is 0 Å².